The lowest BCUT2D eigenvalue weighted by Gasteiger charge is -2.11. The monoisotopic (exact) mass is 427 g/mol. The lowest BCUT2D eigenvalue weighted by Crippen LogP contribution is -2.27. The van der Waals surface area contributed by atoms with Crippen molar-refractivity contribution >= 4 is 40.3 Å². The molecule has 1 aliphatic heterocycles. The fourth-order valence-electron chi connectivity index (χ4n) is 2.88. The van der Waals surface area contributed by atoms with Crippen molar-refractivity contribution in [1.82, 2.24) is 4.90 Å². The van der Waals surface area contributed by atoms with Crippen LogP contribution in [-0.4, -0.2) is 34.9 Å². The minimum atomic E-state index is -0.0216. The molecular formula is C23H25NO3S2. The van der Waals surface area contributed by atoms with Crippen molar-refractivity contribution in [2.24, 2.45) is 0 Å². The molecule has 2 aromatic rings. The fourth-order valence-corrected chi connectivity index (χ4v) is 4.26. The second-order valence-electron chi connectivity index (χ2n) is 6.81. The molecule has 1 amide bonds. The summed E-state index contributed by atoms with van der Waals surface area (Å²) in [6, 6.07) is 13.9. The van der Waals surface area contributed by atoms with Crippen molar-refractivity contribution in [3.63, 3.8) is 0 Å². The molecule has 1 saturated heterocycles. The molecule has 29 heavy (non-hydrogen) atoms. The summed E-state index contributed by atoms with van der Waals surface area (Å²) in [4.78, 5) is 14.6. The minimum Gasteiger partial charge on any atom is -0.493 e. The van der Waals surface area contributed by atoms with Crippen LogP contribution in [0, 0.1) is 13.8 Å². The molecule has 1 heterocycles. The van der Waals surface area contributed by atoms with Gasteiger partial charge in [-0.1, -0.05) is 48.2 Å². The highest BCUT2D eigenvalue weighted by molar-refractivity contribution is 8.26. The van der Waals surface area contributed by atoms with Crippen LogP contribution in [0.5, 0.6) is 11.5 Å². The molecule has 1 aliphatic rings. The Labute approximate surface area is 181 Å². The largest absolute Gasteiger partial charge is 0.493 e. The molecule has 0 bridgehead atoms. The molecule has 1 fully saturated rings. The number of hydrogen-bond donors (Lipinski definition) is 0. The van der Waals surface area contributed by atoms with Gasteiger partial charge >= 0.3 is 0 Å². The zero-order chi connectivity index (χ0) is 20.8. The van der Waals surface area contributed by atoms with E-state index in [4.69, 9.17) is 21.7 Å². The summed E-state index contributed by atoms with van der Waals surface area (Å²) in [5.74, 6) is 1.71. The summed E-state index contributed by atoms with van der Waals surface area (Å²) in [6.07, 6.45) is 2.67. The normalized spacial score (nSPS) is 15.3. The molecule has 0 atom stereocenters. The van der Waals surface area contributed by atoms with Crippen molar-refractivity contribution in [2.75, 3.05) is 19.8 Å². The molecule has 0 spiro atoms. The Morgan fingerprint density at radius 2 is 1.79 bits per heavy atom. The molecule has 3 rings (SSSR count). The SMILES string of the molecule is CCN1C(=O)/C(=C/c2ccc(OCCCOc3cc(C)ccc3C)cc2)SC1=S. The number of likely N-dealkylation sites (N-methyl/N-ethyl adjacent to an activating group) is 1. The maximum absolute atomic E-state index is 12.3. The summed E-state index contributed by atoms with van der Waals surface area (Å²) in [5, 5.41) is 0. The van der Waals surface area contributed by atoms with Crippen molar-refractivity contribution in [2.45, 2.75) is 27.2 Å². The van der Waals surface area contributed by atoms with Gasteiger partial charge in [-0.2, -0.15) is 0 Å². The molecule has 0 unspecified atom stereocenters. The van der Waals surface area contributed by atoms with E-state index in [9.17, 15) is 4.79 Å². The highest BCUT2D eigenvalue weighted by atomic mass is 32.2. The maximum Gasteiger partial charge on any atom is 0.266 e. The van der Waals surface area contributed by atoms with Gasteiger partial charge in [-0.3, -0.25) is 9.69 Å². The van der Waals surface area contributed by atoms with Gasteiger partial charge < -0.3 is 9.47 Å². The molecule has 0 aliphatic carbocycles. The summed E-state index contributed by atoms with van der Waals surface area (Å²) >= 11 is 6.59. The third-order valence-corrected chi connectivity index (χ3v) is 5.90. The van der Waals surface area contributed by atoms with Crippen LogP contribution in [-0.2, 0) is 4.79 Å². The first-order chi connectivity index (χ1) is 14.0. The number of nitrogens with zero attached hydrogens (tertiary/aromatic N) is 1. The van der Waals surface area contributed by atoms with Crippen LogP contribution in [0.25, 0.3) is 6.08 Å². The molecule has 0 radical (unpaired) electrons. The number of carbonyl (C=O) groups is 1. The molecule has 152 valence electrons. The Kier molecular flexibility index (Phi) is 7.34. The number of thiocarbonyl (C=S) groups is 1. The molecular weight excluding hydrogens is 402 g/mol. The minimum absolute atomic E-state index is 0.0216. The van der Waals surface area contributed by atoms with Gasteiger partial charge in [0.1, 0.15) is 15.8 Å². The summed E-state index contributed by atoms with van der Waals surface area (Å²) in [5.41, 5.74) is 3.29. The second kappa shape index (κ2) is 9.94. The predicted octanol–water partition coefficient (Wildman–Crippen LogP) is 5.37. The van der Waals surface area contributed by atoms with Crippen LogP contribution in [0.1, 0.15) is 30.0 Å². The summed E-state index contributed by atoms with van der Waals surface area (Å²) in [6.45, 7) is 7.83. The smallest absolute Gasteiger partial charge is 0.266 e. The van der Waals surface area contributed by atoms with Gasteiger partial charge in [0, 0.05) is 13.0 Å². The number of amides is 1. The molecule has 4 nitrogen and oxygen atoms in total. The van der Waals surface area contributed by atoms with E-state index in [1.807, 2.05) is 44.2 Å². The van der Waals surface area contributed by atoms with Gasteiger partial charge in [0.05, 0.1) is 18.1 Å². The van der Waals surface area contributed by atoms with E-state index < -0.39 is 0 Å². The van der Waals surface area contributed by atoms with Gasteiger partial charge in [0.15, 0.2) is 0 Å². The molecule has 0 aromatic heterocycles. The van der Waals surface area contributed by atoms with Crippen LogP contribution < -0.4 is 9.47 Å². The zero-order valence-electron chi connectivity index (χ0n) is 16.9. The highest BCUT2D eigenvalue weighted by Crippen LogP contribution is 2.32. The van der Waals surface area contributed by atoms with Gasteiger partial charge in [-0.25, -0.2) is 0 Å². The van der Waals surface area contributed by atoms with Crippen molar-refractivity contribution in [3.8, 4) is 11.5 Å². The number of rotatable bonds is 8. The van der Waals surface area contributed by atoms with Crippen LogP contribution in [0.3, 0.4) is 0 Å². The Hall–Kier alpha value is -2.31. The number of aryl methyl sites for hydroxylation is 2. The van der Waals surface area contributed by atoms with E-state index >= 15 is 0 Å². The summed E-state index contributed by atoms with van der Waals surface area (Å²) < 4.78 is 12.3. The molecule has 2 aromatic carbocycles. The standard InChI is InChI=1S/C23H25NO3S2/c1-4-24-22(25)21(29-23(24)28)15-18-8-10-19(11-9-18)26-12-5-13-27-20-14-16(2)6-7-17(20)3/h6-11,14-15H,4-5,12-13H2,1-3H3/b21-15-. The highest BCUT2D eigenvalue weighted by Gasteiger charge is 2.30. The number of ether oxygens (including phenoxy) is 2. The number of thioether (sulfide) groups is 1. The van der Waals surface area contributed by atoms with Crippen LogP contribution >= 0.6 is 24.0 Å². The van der Waals surface area contributed by atoms with Gasteiger partial charge in [-0.15, -0.1) is 0 Å². The topological polar surface area (TPSA) is 38.8 Å². The van der Waals surface area contributed by atoms with Gasteiger partial charge in [0.25, 0.3) is 5.91 Å². The van der Waals surface area contributed by atoms with E-state index in [-0.39, 0.29) is 5.91 Å². The fraction of sp³-hybridized carbons (Fsp3) is 0.304. The Morgan fingerprint density at radius 1 is 1.07 bits per heavy atom. The average Bonchev–Trinajstić information content (AvgIpc) is 2.98. The van der Waals surface area contributed by atoms with E-state index in [1.54, 1.807) is 4.90 Å². The first-order valence-corrected chi connectivity index (χ1v) is 10.9. The lowest BCUT2D eigenvalue weighted by molar-refractivity contribution is -0.121. The molecule has 0 N–H and O–H groups in total. The van der Waals surface area contributed by atoms with E-state index in [0.717, 1.165) is 29.0 Å². The number of hydrogen-bond acceptors (Lipinski definition) is 5. The third kappa shape index (κ3) is 5.61. The van der Waals surface area contributed by atoms with Crippen LogP contribution in [0.4, 0.5) is 0 Å². The Balaban J connectivity index is 1.46. The number of carbonyl (C=O) groups excluding carboxylic acids is 1. The lowest BCUT2D eigenvalue weighted by atomic mass is 10.1. The molecule has 0 saturated carbocycles. The van der Waals surface area contributed by atoms with Crippen molar-refractivity contribution < 1.29 is 14.3 Å². The number of benzene rings is 2. The Bertz CT molecular complexity index is 922. The third-order valence-electron chi connectivity index (χ3n) is 4.53. The molecule has 6 heteroatoms. The van der Waals surface area contributed by atoms with Crippen molar-refractivity contribution in [3.05, 3.63) is 64.1 Å². The Morgan fingerprint density at radius 3 is 2.48 bits per heavy atom. The first-order valence-electron chi connectivity index (χ1n) is 9.66. The first kappa shape index (κ1) is 21.4. The quantitative estimate of drug-likeness (QED) is 0.322. The average molecular weight is 428 g/mol. The second-order valence-corrected chi connectivity index (χ2v) is 8.49. The summed E-state index contributed by atoms with van der Waals surface area (Å²) in [7, 11) is 0. The zero-order valence-corrected chi connectivity index (χ0v) is 18.6. The van der Waals surface area contributed by atoms with Gasteiger partial charge in [0.2, 0.25) is 0 Å². The van der Waals surface area contributed by atoms with E-state index in [0.29, 0.717) is 29.0 Å². The predicted molar refractivity (Wildman–Crippen MR) is 124 cm³/mol. The van der Waals surface area contributed by atoms with Crippen LogP contribution in [0.15, 0.2) is 47.4 Å². The van der Waals surface area contributed by atoms with E-state index in [2.05, 4.69) is 25.1 Å². The van der Waals surface area contributed by atoms with Crippen LogP contribution in [0.2, 0.25) is 0 Å². The van der Waals surface area contributed by atoms with Gasteiger partial charge in [-0.05, 0) is 61.7 Å². The van der Waals surface area contributed by atoms with Crippen molar-refractivity contribution in [1.29, 1.82) is 0 Å². The van der Waals surface area contributed by atoms with E-state index in [1.165, 1.54) is 17.3 Å². The maximum atomic E-state index is 12.3.